The molecule has 0 spiro atoms. The van der Waals surface area contributed by atoms with Crippen LogP contribution in [-0.4, -0.2) is 26.4 Å². The number of nitrogens with one attached hydrogen (secondary N) is 2. The molecule has 0 amide bonds. The number of nitrogens with zero attached hydrogens (tertiary/aromatic N) is 2. The second kappa shape index (κ2) is 5.09. The average Bonchev–Trinajstić information content (AvgIpc) is 2.91. The first-order chi connectivity index (χ1) is 10.3. The molecule has 21 heavy (non-hydrogen) atoms. The number of hydrogen-bond donors (Lipinski definition) is 2. The van der Waals surface area contributed by atoms with Crippen LogP contribution in [0.25, 0.3) is 10.9 Å². The van der Waals surface area contributed by atoms with E-state index in [2.05, 4.69) is 50.3 Å². The molecule has 3 aromatic rings. The van der Waals surface area contributed by atoms with E-state index in [0.717, 1.165) is 26.1 Å². The molecular weight excluding hydrogens is 280 g/mol. The summed E-state index contributed by atoms with van der Waals surface area (Å²) in [6, 6.07) is 8.45. The molecule has 0 aliphatic carbocycles. The number of H-pyrrole nitrogens is 2. The fourth-order valence-electron chi connectivity index (χ4n) is 3.04. The topological polar surface area (TPSA) is 47.7 Å². The highest BCUT2D eigenvalue weighted by atomic mass is 32.1. The first kappa shape index (κ1) is 12.7. The molecule has 4 rings (SSSR count). The highest BCUT2D eigenvalue weighted by Crippen LogP contribution is 2.22. The van der Waals surface area contributed by atoms with Crippen molar-refractivity contribution >= 4 is 23.1 Å². The number of para-hydroxylation sites is 1. The summed E-state index contributed by atoms with van der Waals surface area (Å²) >= 11 is 5.09. The van der Waals surface area contributed by atoms with Crippen molar-refractivity contribution in [1.82, 2.24) is 19.9 Å². The lowest BCUT2D eigenvalue weighted by Gasteiger charge is -2.27. The summed E-state index contributed by atoms with van der Waals surface area (Å²) in [7, 11) is 0. The summed E-state index contributed by atoms with van der Waals surface area (Å²) in [4.78, 5) is 13.2. The fraction of sp³-hybridized carbons (Fsp3) is 0.250. The lowest BCUT2D eigenvalue weighted by Crippen LogP contribution is -2.30. The van der Waals surface area contributed by atoms with Crippen LogP contribution in [0.1, 0.15) is 16.8 Å². The Balaban J connectivity index is 1.59. The molecule has 5 heteroatoms. The molecule has 1 aliphatic rings. The number of aromatic nitrogens is 3. The predicted molar refractivity (Wildman–Crippen MR) is 85.5 cm³/mol. The van der Waals surface area contributed by atoms with E-state index >= 15 is 0 Å². The zero-order valence-electron chi connectivity index (χ0n) is 11.6. The Morgan fingerprint density at radius 3 is 3.14 bits per heavy atom. The van der Waals surface area contributed by atoms with Crippen LogP contribution in [0.5, 0.6) is 0 Å². The number of aromatic amines is 2. The number of benzene rings is 1. The van der Waals surface area contributed by atoms with Crippen LogP contribution in [0.15, 0.2) is 36.7 Å². The van der Waals surface area contributed by atoms with Gasteiger partial charge in [0, 0.05) is 60.6 Å². The van der Waals surface area contributed by atoms with Crippen LogP contribution in [0, 0.1) is 4.77 Å². The lowest BCUT2D eigenvalue weighted by molar-refractivity contribution is 0.243. The molecule has 1 aliphatic heterocycles. The van der Waals surface area contributed by atoms with Gasteiger partial charge in [-0.3, -0.25) is 4.90 Å². The van der Waals surface area contributed by atoms with Crippen molar-refractivity contribution in [3.8, 4) is 0 Å². The van der Waals surface area contributed by atoms with Crippen LogP contribution in [0.3, 0.4) is 0 Å². The Morgan fingerprint density at radius 1 is 1.29 bits per heavy atom. The molecule has 0 unspecified atom stereocenters. The molecule has 106 valence electrons. The van der Waals surface area contributed by atoms with E-state index in [4.69, 9.17) is 12.2 Å². The molecule has 1 aromatic carbocycles. The molecule has 0 fully saturated rings. The van der Waals surface area contributed by atoms with E-state index in [1.54, 1.807) is 0 Å². The van der Waals surface area contributed by atoms with Crippen molar-refractivity contribution < 1.29 is 0 Å². The summed E-state index contributed by atoms with van der Waals surface area (Å²) < 4.78 is 0.582. The molecule has 2 aromatic heterocycles. The first-order valence-electron chi connectivity index (χ1n) is 7.14. The third-order valence-corrected chi connectivity index (χ3v) is 4.33. The first-order valence-corrected chi connectivity index (χ1v) is 7.55. The second-order valence-electron chi connectivity index (χ2n) is 5.51. The van der Waals surface area contributed by atoms with Crippen molar-refractivity contribution in [2.24, 2.45) is 0 Å². The Kier molecular flexibility index (Phi) is 3.09. The SMILES string of the molecule is S=c1ncc2c([nH]1)CCN(Cc1c[nH]c3ccccc13)C2. The minimum Gasteiger partial charge on any atom is -0.361 e. The van der Waals surface area contributed by atoms with Gasteiger partial charge in [0.1, 0.15) is 0 Å². The molecule has 3 heterocycles. The van der Waals surface area contributed by atoms with Crippen molar-refractivity contribution in [2.75, 3.05) is 6.54 Å². The number of hydrogen-bond acceptors (Lipinski definition) is 3. The number of fused-ring (bicyclic) bond motifs is 2. The average molecular weight is 296 g/mol. The largest absolute Gasteiger partial charge is 0.361 e. The van der Waals surface area contributed by atoms with Gasteiger partial charge >= 0.3 is 0 Å². The summed E-state index contributed by atoms with van der Waals surface area (Å²) in [6.07, 6.45) is 5.04. The highest BCUT2D eigenvalue weighted by Gasteiger charge is 2.18. The maximum Gasteiger partial charge on any atom is 0.196 e. The zero-order valence-corrected chi connectivity index (χ0v) is 12.4. The summed E-state index contributed by atoms with van der Waals surface area (Å²) in [5, 5.41) is 1.31. The van der Waals surface area contributed by atoms with Crippen molar-refractivity contribution in [1.29, 1.82) is 0 Å². The minimum absolute atomic E-state index is 0.582. The van der Waals surface area contributed by atoms with Gasteiger partial charge in [-0.2, -0.15) is 0 Å². The Labute approximate surface area is 127 Å². The molecule has 0 saturated carbocycles. The van der Waals surface area contributed by atoms with Gasteiger partial charge in [0.2, 0.25) is 0 Å². The quantitative estimate of drug-likeness (QED) is 0.714. The minimum atomic E-state index is 0.582. The Bertz CT molecular complexity index is 849. The maximum absolute atomic E-state index is 5.09. The highest BCUT2D eigenvalue weighted by molar-refractivity contribution is 7.71. The van der Waals surface area contributed by atoms with Gasteiger partial charge < -0.3 is 9.97 Å². The molecule has 0 saturated heterocycles. The van der Waals surface area contributed by atoms with Crippen LogP contribution in [-0.2, 0) is 19.5 Å². The third kappa shape index (κ3) is 2.39. The van der Waals surface area contributed by atoms with Gasteiger partial charge in [-0.25, -0.2) is 4.98 Å². The van der Waals surface area contributed by atoms with Crippen molar-refractivity contribution in [3.05, 3.63) is 58.3 Å². The molecule has 2 N–H and O–H groups in total. The van der Waals surface area contributed by atoms with E-state index in [1.807, 2.05) is 6.20 Å². The third-order valence-electron chi connectivity index (χ3n) is 4.12. The number of rotatable bonds is 2. The van der Waals surface area contributed by atoms with E-state index in [-0.39, 0.29) is 0 Å². The summed E-state index contributed by atoms with van der Waals surface area (Å²) in [5.41, 5.74) is 5.06. The summed E-state index contributed by atoms with van der Waals surface area (Å²) in [5.74, 6) is 0. The van der Waals surface area contributed by atoms with Gasteiger partial charge in [0.25, 0.3) is 0 Å². The van der Waals surface area contributed by atoms with Crippen LogP contribution in [0.2, 0.25) is 0 Å². The molecule has 4 nitrogen and oxygen atoms in total. The molecule has 0 radical (unpaired) electrons. The van der Waals surface area contributed by atoms with Gasteiger partial charge in [-0.15, -0.1) is 0 Å². The zero-order chi connectivity index (χ0) is 14.2. The molecular formula is C16H16N4S. The van der Waals surface area contributed by atoms with Crippen LogP contribution in [0.4, 0.5) is 0 Å². The second-order valence-corrected chi connectivity index (χ2v) is 5.90. The Morgan fingerprint density at radius 2 is 2.19 bits per heavy atom. The standard InChI is InChI=1S/C16H16N4S/c21-16-18-8-12-10-20(6-5-14(12)19-16)9-11-7-17-15-4-2-1-3-13(11)15/h1-4,7-8,17H,5-6,9-10H2,(H,18,19,21). The Hall–Kier alpha value is -1.98. The molecule has 0 bridgehead atoms. The van der Waals surface area contributed by atoms with E-state index in [1.165, 1.54) is 27.7 Å². The van der Waals surface area contributed by atoms with E-state index < -0.39 is 0 Å². The predicted octanol–water partition coefficient (Wildman–Crippen LogP) is 3.18. The van der Waals surface area contributed by atoms with Crippen LogP contribution < -0.4 is 0 Å². The fourth-order valence-corrected chi connectivity index (χ4v) is 3.22. The smallest absolute Gasteiger partial charge is 0.196 e. The van der Waals surface area contributed by atoms with Gasteiger partial charge in [0.05, 0.1) is 0 Å². The maximum atomic E-state index is 5.09. The van der Waals surface area contributed by atoms with E-state index in [9.17, 15) is 0 Å². The lowest BCUT2D eigenvalue weighted by atomic mass is 10.1. The van der Waals surface area contributed by atoms with E-state index in [0.29, 0.717) is 4.77 Å². The normalized spacial score (nSPS) is 15.2. The molecule has 0 atom stereocenters. The monoisotopic (exact) mass is 296 g/mol. The van der Waals surface area contributed by atoms with Gasteiger partial charge in [-0.05, 0) is 23.8 Å². The summed E-state index contributed by atoms with van der Waals surface area (Å²) in [6.45, 7) is 2.93. The van der Waals surface area contributed by atoms with Gasteiger partial charge in [-0.1, -0.05) is 18.2 Å². The van der Waals surface area contributed by atoms with Crippen LogP contribution >= 0.6 is 12.2 Å². The van der Waals surface area contributed by atoms with Crippen molar-refractivity contribution in [3.63, 3.8) is 0 Å². The van der Waals surface area contributed by atoms with Crippen molar-refractivity contribution in [2.45, 2.75) is 19.5 Å². The van der Waals surface area contributed by atoms with Gasteiger partial charge in [0.15, 0.2) is 4.77 Å².